The smallest absolute Gasteiger partial charge is 0.194 e. The lowest BCUT2D eigenvalue weighted by Crippen LogP contribution is -2.44. The van der Waals surface area contributed by atoms with E-state index in [2.05, 4.69) is 91.4 Å². The Morgan fingerprint density at radius 3 is 2.19 bits per heavy atom. The number of hydrogen-bond donors (Lipinski definition) is 1. The minimum atomic E-state index is -2.20. The van der Waals surface area contributed by atoms with Crippen molar-refractivity contribution < 1.29 is 18.8 Å². The normalized spacial score (nSPS) is 17.9. The maximum absolute atomic E-state index is 12.8. The summed E-state index contributed by atoms with van der Waals surface area (Å²) in [6.07, 6.45) is 2.41. The van der Waals surface area contributed by atoms with Gasteiger partial charge in [-0.1, -0.05) is 83.4 Å². The highest BCUT2D eigenvalue weighted by atomic mass is 28.4. The third-order valence-corrected chi connectivity index (χ3v) is 16.6. The van der Waals surface area contributed by atoms with Crippen molar-refractivity contribution in [3.63, 3.8) is 0 Å². The number of carbonyl (C=O) groups excluding carboxylic acids is 1. The summed E-state index contributed by atoms with van der Waals surface area (Å²) in [5.74, 6) is 12.3. The average Bonchev–Trinajstić information content (AvgIpc) is 2.75. The summed E-state index contributed by atoms with van der Waals surface area (Å²) in [6, 6.07) is 7.74. The first-order chi connectivity index (χ1) is 16.5. The zero-order valence-electron chi connectivity index (χ0n) is 23.8. The Hall–Kier alpha value is -1.94. The number of carbonyl (C=O) groups is 1. The predicted molar refractivity (Wildman–Crippen MR) is 154 cm³/mol. The molecule has 6 heteroatoms. The number of Topliss-reactive ketones (excluding diaryl/α,β-unsaturated/α-hetero) is 1. The molecule has 0 aliphatic heterocycles. The average molecular weight is 525 g/mol. The van der Waals surface area contributed by atoms with E-state index >= 15 is 0 Å². The first-order valence-corrected chi connectivity index (χ1v) is 18.6. The minimum absolute atomic E-state index is 0.0132. The van der Waals surface area contributed by atoms with Gasteiger partial charge in [-0.25, -0.2) is 0 Å². The van der Waals surface area contributed by atoms with Gasteiger partial charge in [-0.3, -0.25) is 4.79 Å². The van der Waals surface area contributed by atoms with Crippen LogP contribution in [-0.4, -0.2) is 40.2 Å². The molecule has 196 valence electrons. The summed E-state index contributed by atoms with van der Waals surface area (Å²) in [5.41, 5.74) is 2.13. The van der Waals surface area contributed by atoms with E-state index in [1.54, 1.807) is 0 Å². The molecule has 1 aliphatic carbocycles. The fourth-order valence-electron chi connectivity index (χ4n) is 3.29. The van der Waals surface area contributed by atoms with Crippen LogP contribution in [0.1, 0.15) is 71.6 Å². The molecule has 0 aromatic heterocycles. The van der Waals surface area contributed by atoms with E-state index in [1.165, 1.54) is 0 Å². The third-order valence-electron chi connectivity index (χ3n) is 7.66. The van der Waals surface area contributed by atoms with Gasteiger partial charge in [0.05, 0.1) is 11.7 Å². The van der Waals surface area contributed by atoms with E-state index in [0.29, 0.717) is 18.4 Å². The monoisotopic (exact) mass is 524 g/mol. The van der Waals surface area contributed by atoms with E-state index < -0.39 is 22.7 Å². The molecule has 1 aromatic rings. The molecule has 0 fully saturated rings. The zero-order valence-corrected chi connectivity index (χ0v) is 25.8. The maximum atomic E-state index is 12.8. The topological polar surface area (TPSA) is 55.8 Å². The molecule has 4 nitrogen and oxygen atoms in total. The Morgan fingerprint density at radius 1 is 1.00 bits per heavy atom. The molecular weight excluding hydrogens is 480 g/mol. The summed E-state index contributed by atoms with van der Waals surface area (Å²) in [5, 5.41) is 9.31. The molecule has 0 saturated carbocycles. The fraction of sp³-hybridized carbons (Fsp3) is 0.567. The van der Waals surface area contributed by atoms with Gasteiger partial charge in [-0.15, -0.1) is 0 Å². The molecule has 0 heterocycles. The molecule has 0 radical (unpaired) electrons. The van der Waals surface area contributed by atoms with Crippen LogP contribution in [-0.2, 0) is 13.6 Å². The summed E-state index contributed by atoms with van der Waals surface area (Å²) in [6.45, 7) is 21.9. The molecule has 0 spiro atoms. The highest BCUT2D eigenvalue weighted by Gasteiger charge is 2.40. The summed E-state index contributed by atoms with van der Waals surface area (Å²) in [7, 11) is -4.17. The van der Waals surface area contributed by atoms with Crippen LogP contribution in [0, 0.1) is 23.7 Å². The predicted octanol–water partition coefficient (Wildman–Crippen LogP) is 6.78. The van der Waals surface area contributed by atoms with Crippen LogP contribution < -0.4 is 0 Å². The van der Waals surface area contributed by atoms with Gasteiger partial charge in [0.25, 0.3) is 0 Å². The van der Waals surface area contributed by atoms with Crippen molar-refractivity contribution in [1.82, 2.24) is 0 Å². The molecule has 1 aliphatic rings. The summed E-state index contributed by atoms with van der Waals surface area (Å²) in [4.78, 5) is 12.8. The van der Waals surface area contributed by atoms with Gasteiger partial charge in [0.15, 0.2) is 22.4 Å². The van der Waals surface area contributed by atoms with Gasteiger partial charge >= 0.3 is 0 Å². The van der Waals surface area contributed by atoms with Gasteiger partial charge < -0.3 is 14.0 Å². The molecule has 1 aromatic carbocycles. The number of aliphatic hydroxyl groups is 1. The summed E-state index contributed by atoms with van der Waals surface area (Å²) < 4.78 is 13.3. The lowest BCUT2D eigenvalue weighted by molar-refractivity contribution is -0.116. The van der Waals surface area contributed by atoms with Gasteiger partial charge in [0.2, 0.25) is 0 Å². The molecule has 2 atom stereocenters. The molecule has 2 unspecified atom stereocenters. The minimum Gasteiger partial charge on any atom is -0.410 e. The first kappa shape index (κ1) is 30.3. The number of allylic oxidation sites excluding steroid dienone is 1. The second-order valence-electron chi connectivity index (χ2n) is 12.5. The molecule has 0 saturated heterocycles. The van der Waals surface area contributed by atoms with E-state index in [9.17, 15) is 9.90 Å². The van der Waals surface area contributed by atoms with Crippen LogP contribution in [0.25, 0.3) is 0 Å². The second-order valence-corrected chi connectivity index (χ2v) is 22.0. The first-order valence-electron chi connectivity index (χ1n) is 12.8. The number of benzene rings is 1. The Labute approximate surface area is 221 Å². The van der Waals surface area contributed by atoms with Crippen molar-refractivity contribution >= 4 is 22.4 Å². The SMILES string of the molecule is CC(C)(C)[Si](C)(C)OC1C=C(C#CC(O[Si](C)(C)C(C)(C)C)c2ccccc2C#CCO)C(=O)CC1. The van der Waals surface area contributed by atoms with Crippen molar-refractivity contribution in [2.75, 3.05) is 6.61 Å². The molecule has 0 bridgehead atoms. The maximum Gasteiger partial charge on any atom is 0.194 e. The zero-order chi connectivity index (χ0) is 27.4. The lowest BCUT2D eigenvalue weighted by Gasteiger charge is -2.39. The van der Waals surface area contributed by atoms with Gasteiger partial charge in [0, 0.05) is 17.5 Å². The number of hydrogen-bond acceptors (Lipinski definition) is 4. The van der Waals surface area contributed by atoms with Crippen molar-refractivity contribution in [1.29, 1.82) is 0 Å². The third kappa shape index (κ3) is 7.78. The number of aliphatic hydroxyl groups excluding tert-OH is 1. The summed E-state index contributed by atoms with van der Waals surface area (Å²) >= 11 is 0. The Morgan fingerprint density at radius 2 is 1.61 bits per heavy atom. The van der Waals surface area contributed by atoms with Crippen LogP contribution >= 0.6 is 0 Å². The number of ketones is 1. The molecule has 36 heavy (non-hydrogen) atoms. The second kappa shape index (κ2) is 11.6. The van der Waals surface area contributed by atoms with Crippen molar-refractivity contribution in [3.05, 3.63) is 47.0 Å². The van der Waals surface area contributed by atoms with Gasteiger partial charge in [-0.2, -0.15) is 0 Å². The largest absolute Gasteiger partial charge is 0.410 e. The van der Waals surface area contributed by atoms with Crippen LogP contribution in [0.4, 0.5) is 0 Å². The van der Waals surface area contributed by atoms with Crippen LogP contribution in [0.15, 0.2) is 35.9 Å². The quantitative estimate of drug-likeness (QED) is 0.341. The van der Waals surface area contributed by atoms with Crippen LogP contribution in [0.5, 0.6) is 0 Å². The highest BCUT2D eigenvalue weighted by molar-refractivity contribution is 6.74. The lowest BCUT2D eigenvalue weighted by atomic mass is 9.96. The number of rotatable bonds is 5. The van der Waals surface area contributed by atoms with Crippen LogP contribution in [0.2, 0.25) is 36.3 Å². The van der Waals surface area contributed by atoms with Crippen molar-refractivity contribution in [2.45, 2.75) is 103 Å². The van der Waals surface area contributed by atoms with Crippen molar-refractivity contribution in [3.8, 4) is 23.7 Å². The van der Waals surface area contributed by atoms with Crippen molar-refractivity contribution in [2.24, 2.45) is 0 Å². The Kier molecular flexibility index (Phi) is 9.78. The fourth-order valence-corrected chi connectivity index (χ4v) is 5.71. The van der Waals surface area contributed by atoms with E-state index in [0.717, 1.165) is 11.1 Å². The molecule has 1 N–H and O–H groups in total. The molecular formula is C30H44O4Si2. The van der Waals surface area contributed by atoms with Gasteiger partial charge in [0.1, 0.15) is 12.7 Å². The van der Waals surface area contributed by atoms with E-state index in [1.807, 2.05) is 30.3 Å². The van der Waals surface area contributed by atoms with Crippen LogP contribution in [0.3, 0.4) is 0 Å². The Balaban J connectivity index is 2.51. The highest BCUT2D eigenvalue weighted by Crippen LogP contribution is 2.40. The van der Waals surface area contributed by atoms with E-state index in [-0.39, 0.29) is 28.6 Å². The van der Waals surface area contributed by atoms with E-state index in [4.69, 9.17) is 8.85 Å². The Bertz CT molecular complexity index is 1100. The molecule has 0 amide bonds. The molecule has 2 rings (SSSR count). The standard InChI is InChI=1S/C30H44O4Si2/c1-29(2,3)35(7,8)33-25-18-19-27(32)24(22-25)17-20-28(34-36(9,10)30(4,5)6)26-16-12-11-14-23(26)15-13-21-31/h11-12,14,16,22,25,28,31H,18-19,21H2,1-10H3. The van der Waals surface area contributed by atoms with Gasteiger partial charge in [-0.05, 0) is 54.8 Å².